The molecule has 1 aromatic carbocycles. The van der Waals surface area contributed by atoms with E-state index in [-0.39, 0.29) is 5.91 Å². The average Bonchev–Trinajstić information content (AvgIpc) is 2.86. The second-order valence-electron chi connectivity index (χ2n) is 4.94. The molecule has 102 valence electrons. The molecule has 1 aromatic rings. The molecule has 0 saturated carbocycles. The Morgan fingerprint density at radius 3 is 2.63 bits per heavy atom. The van der Waals surface area contributed by atoms with E-state index in [1.807, 2.05) is 18.2 Å². The van der Waals surface area contributed by atoms with Crippen LogP contribution in [0, 0.1) is 0 Å². The maximum atomic E-state index is 12.4. The molecule has 0 aliphatic heterocycles. The predicted molar refractivity (Wildman–Crippen MR) is 72.3 cm³/mol. The van der Waals surface area contributed by atoms with Gasteiger partial charge in [-0.05, 0) is 56.4 Å². The fourth-order valence-corrected chi connectivity index (χ4v) is 2.60. The van der Waals surface area contributed by atoms with Gasteiger partial charge in [-0.15, -0.1) is 0 Å². The summed E-state index contributed by atoms with van der Waals surface area (Å²) in [5, 5.41) is 9.04. The van der Waals surface area contributed by atoms with E-state index in [4.69, 9.17) is 5.11 Å². The summed E-state index contributed by atoms with van der Waals surface area (Å²) < 4.78 is 0. The van der Waals surface area contributed by atoms with E-state index >= 15 is 0 Å². The highest BCUT2D eigenvalue weighted by Crippen LogP contribution is 2.23. The zero-order chi connectivity index (χ0) is 14.0. The number of carbonyl (C=O) groups excluding carboxylic acids is 1. The fraction of sp³-hybridized carbons (Fsp3) is 0.467. The predicted octanol–water partition coefficient (Wildman–Crippen LogP) is 2.11. The molecular formula is C15H19NO3. The lowest BCUT2D eigenvalue weighted by molar-refractivity contribution is -0.141. The van der Waals surface area contributed by atoms with Crippen LogP contribution < -0.4 is 0 Å². The summed E-state index contributed by atoms with van der Waals surface area (Å²) in [6.07, 6.45) is 3.22. The van der Waals surface area contributed by atoms with Gasteiger partial charge < -0.3 is 10.0 Å². The summed E-state index contributed by atoms with van der Waals surface area (Å²) in [7, 11) is 0. The van der Waals surface area contributed by atoms with Gasteiger partial charge in [-0.2, -0.15) is 0 Å². The summed E-state index contributed by atoms with van der Waals surface area (Å²) in [4.78, 5) is 24.8. The number of carboxylic acids is 1. The van der Waals surface area contributed by atoms with Crippen LogP contribution >= 0.6 is 0 Å². The summed E-state index contributed by atoms with van der Waals surface area (Å²) in [6.45, 7) is 3.73. The molecule has 4 heteroatoms. The van der Waals surface area contributed by atoms with E-state index in [0.29, 0.717) is 12.1 Å². The van der Waals surface area contributed by atoms with Crippen LogP contribution in [0.5, 0.6) is 0 Å². The van der Waals surface area contributed by atoms with Crippen molar-refractivity contribution in [1.29, 1.82) is 0 Å². The van der Waals surface area contributed by atoms with Crippen molar-refractivity contribution in [2.24, 2.45) is 0 Å². The lowest BCUT2D eigenvalue weighted by Crippen LogP contribution is -2.43. The van der Waals surface area contributed by atoms with Crippen LogP contribution in [-0.4, -0.2) is 34.5 Å². The Bertz CT molecular complexity index is 510. The molecule has 1 unspecified atom stereocenters. The van der Waals surface area contributed by atoms with E-state index in [2.05, 4.69) is 0 Å². The van der Waals surface area contributed by atoms with Gasteiger partial charge in [-0.1, -0.05) is 6.07 Å². The van der Waals surface area contributed by atoms with Gasteiger partial charge in [0.25, 0.3) is 5.91 Å². The average molecular weight is 261 g/mol. The van der Waals surface area contributed by atoms with Crippen LogP contribution in [0.15, 0.2) is 18.2 Å². The van der Waals surface area contributed by atoms with Gasteiger partial charge in [-0.25, -0.2) is 4.79 Å². The number of likely N-dealkylation sites (N-methyl/N-ethyl adjacent to an activating group) is 1. The number of nitrogens with zero attached hydrogens (tertiary/aromatic N) is 1. The van der Waals surface area contributed by atoms with E-state index in [9.17, 15) is 9.59 Å². The second kappa shape index (κ2) is 5.43. The number of fused-ring (bicyclic) bond motifs is 1. The third kappa shape index (κ3) is 2.62. The minimum absolute atomic E-state index is 0.202. The Morgan fingerprint density at radius 2 is 2.00 bits per heavy atom. The minimum Gasteiger partial charge on any atom is -0.480 e. The monoisotopic (exact) mass is 261 g/mol. The largest absolute Gasteiger partial charge is 0.480 e. The summed E-state index contributed by atoms with van der Waals surface area (Å²) >= 11 is 0. The number of carboxylic acid groups (broad SMARTS) is 1. The van der Waals surface area contributed by atoms with Crippen LogP contribution in [0.2, 0.25) is 0 Å². The van der Waals surface area contributed by atoms with Crippen LogP contribution in [0.1, 0.15) is 41.8 Å². The van der Waals surface area contributed by atoms with E-state index in [0.717, 1.165) is 19.3 Å². The van der Waals surface area contributed by atoms with Crippen LogP contribution in [0.3, 0.4) is 0 Å². The van der Waals surface area contributed by atoms with E-state index < -0.39 is 12.0 Å². The standard InChI is InChI=1S/C15H19NO3/c1-3-16(10(2)15(18)19)14(17)13-8-7-11-5-4-6-12(11)9-13/h7-10H,3-6H2,1-2H3,(H,18,19). The lowest BCUT2D eigenvalue weighted by Gasteiger charge is -2.25. The van der Waals surface area contributed by atoms with E-state index in [1.165, 1.54) is 23.0 Å². The van der Waals surface area contributed by atoms with Gasteiger partial charge in [-0.3, -0.25) is 4.79 Å². The SMILES string of the molecule is CCN(C(=O)c1ccc2c(c1)CCC2)C(C)C(=O)O. The zero-order valence-corrected chi connectivity index (χ0v) is 11.3. The smallest absolute Gasteiger partial charge is 0.326 e. The summed E-state index contributed by atoms with van der Waals surface area (Å²) in [5.74, 6) is -1.18. The summed E-state index contributed by atoms with van der Waals surface area (Å²) in [5.41, 5.74) is 3.13. The van der Waals surface area contributed by atoms with Crippen molar-refractivity contribution in [2.75, 3.05) is 6.54 Å². The number of benzene rings is 1. The normalized spacial score (nSPS) is 14.8. The Labute approximate surface area is 113 Å². The van der Waals surface area contributed by atoms with Gasteiger partial charge >= 0.3 is 5.97 Å². The third-order valence-corrected chi connectivity index (χ3v) is 3.77. The van der Waals surface area contributed by atoms with Gasteiger partial charge in [0.2, 0.25) is 0 Å². The quantitative estimate of drug-likeness (QED) is 0.903. The number of carbonyl (C=O) groups is 2. The number of amides is 1. The Kier molecular flexibility index (Phi) is 3.88. The van der Waals surface area contributed by atoms with Gasteiger partial charge in [0.05, 0.1) is 0 Å². The zero-order valence-electron chi connectivity index (χ0n) is 11.3. The maximum Gasteiger partial charge on any atom is 0.326 e. The minimum atomic E-state index is -0.976. The van der Waals surface area contributed by atoms with Crippen molar-refractivity contribution < 1.29 is 14.7 Å². The molecule has 19 heavy (non-hydrogen) atoms. The topological polar surface area (TPSA) is 57.6 Å². The molecule has 0 aromatic heterocycles. The summed E-state index contributed by atoms with van der Waals surface area (Å²) in [6, 6.07) is 4.92. The molecule has 0 radical (unpaired) electrons. The molecule has 0 saturated heterocycles. The molecule has 1 aliphatic carbocycles. The van der Waals surface area contributed by atoms with Crippen molar-refractivity contribution in [3.63, 3.8) is 0 Å². The van der Waals surface area contributed by atoms with Gasteiger partial charge in [0.15, 0.2) is 0 Å². The molecule has 4 nitrogen and oxygen atoms in total. The highest BCUT2D eigenvalue weighted by Gasteiger charge is 2.25. The molecule has 1 aliphatic rings. The number of hydrogen-bond donors (Lipinski definition) is 1. The first-order chi connectivity index (χ1) is 9.04. The number of aliphatic carboxylic acids is 1. The second-order valence-corrected chi connectivity index (χ2v) is 4.94. The van der Waals surface area contributed by atoms with Crippen molar-refractivity contribution in [1.82, 2.24) is 4.90 Å². The highest BCUT2D eigenvalue weighted by molar-refractivity contribution is 5.96. The first-order valence-corrected chi connectivity index (χ1v) is 6.70. The first kappa shape index (κ1) is 13.6. The number of hydrogen-bond acceptors (Lipinski definition) is 2. The molecule has 0 bridgehead atoms. The molecule has 0 heterocycles. The van der Waals surface area contributed by atoms with Crippen LogP contribution in [0.4, 0.5) is 0 Å². The number of aryl methyl sites for hydroxylation is 2. The molecule has 0 fully saturated rings. The van der Waals surface area contributed by atoms with Gasteiger partial charge in [0, 0.05) is 12.1 Å². The van der Waals surface area contributed by atoms with Crippen molar-refractivity contribution >= 4 is 11.9 Å². The molecule has 1 N–H and O–H groups in total. The molecule has 0 spiro atoms. The third-order valence-electron chi connectivity index (χ3n) is 3.77. The fourth-order valence-electron chi connectivity index (χ4n) is 2.60. The molecule has 1 amide bonds. The van der Waals surface area contributed by atoms with Crippen molar-refractivity contribution in [3.8, 4) is 0 Å². The lowest BCUT2D eigenvalue weighted by atomic mass is 10.0. The Balaban J connectivity index is 2.25. The van der Waals surface area contributed by atoms with Crippen LogP contribution in [-0.2, 0) is 17.6 Å². The maximum absolute atomic E-state index is 12.4. The molecule has 2 rings (SSSR count). The van der Waals surface area contributed by atoms with Crippen LogP contribution in [0.25, 0.3) is 0 Å². The Hall–Kier alpha value is -1.84. The highest BCUT2D eigenvalue weighted by atomic mass is 16.4. The first-order valence-electron chi connectivity index (χ1n) is 6.70. The molecular weight excluding hydrogens is 242 g/mol. The van der Waals surface area contributed by atoms with E-state index in [1.54, 1.807) is 6.92 Å². The van der Waals surface area contributed by atoms with Gasteiger partial charge in [0.1, 0.15) is 6.04 Å². The number of rotatable bonds is 4. The molecule has 1 atom stereocenters. The van der Waals surface area contributed by atoms with Crippen molar-refractivity contribution in [2.45, 2.75) is 39.2 Å². The Morgan fingerprint density at radius 1 is 1.32 bits per heavy atom. The van der Waals surface area contributed by atoms with Crippen molar-refractivity contribution in [3.05, 3.63) is 34.9 Å².